The number of sulfonamides is 1. The van der Waals surface area contributed by atoms with E-state index in [9.17, 15) is 13.2 Å². The number of halogens is 1. The van der Waals surface area contributed by atoms with Crippen molar-refractivity contribution in [3.63, 3.8) is 0 Å². The monoisotopic (exact) mass is 446 g/mol. The molecule has 0 aliphatic carbocycles. The van der Waals surface area contributed by atoms with Gasteiger partial charge in [-0.1, -0.05) is 28.9 Å². The molecule has 4 rings (SSSR count). The lowest BCUT2D eigenvalue weighted by atomic mass is 10.2. The minimum absolute atomic E-state index is 0.0544. The fourth-order valence-electron chi connectivity index (χ4n) is 3.31. The Hall–Kier alpha value is -2.75. The molecule has 10 heteroatoms. The summed E-state index contributed by atoms with van der Waals surface area (Å²) < 4.78 is 33.0. The van der Waals surface area contributed by atoms with Gasteiger partial charge in [-0.05, 0) is 49.2 Å². The predicted molar refractivity (Wildman–Crippen MR) is 112 cm³/mol. The molecule has 1 aliphatic heterocycles. The van der Waals surface area contributed by atoms with Crippen LogP contribution in [0.4, 0.5) is 5.69 Å². The van der Waals surface area contributed by atoms with E-state index in [1.807, 2.05) is 0 Å². The standard InChI is InChI=1S/C20H19ClN4O4S/c1-13-10-16(7-8-17(13)25-9-3-6-19(25)26)30(27,28)22-12-18-23-20(24-29-18)14-4-2-5-15(21)11-14/h2,4-5,7-8,10-11,22H,3,6,9,12H2,1H3. The Kier molecular flexibility index (Phi) is 5.59. The second kappa shape index (κ2) is 8.17. The number of hydrogen-bond acceptors (Lipinski definition) is 6. The van der Waals surface area contributed by atoms with Gasteiger partial charge in [-0.2, -0.15) is 4.98 Å². The zero-order valence-corrected chi connectivity index (χ0v) is 17.7. The molecule has 0 radical (unpaired) electrons. The summed E-state index contributed by atoms with van der Waals surface area (Å²) in [5, 5.41) is 4.40. The first-order chi connectivity index (χ1) is 14.3. The Labute approximate surface area is 178 Å². The van der Waals surface area contributed by atoms with Crippen LogP contribution < -0.4 is 9.62 Å². The molecule has 0 atom stereocenters. The maximum Gasteiger partial charge on any atom is 0.242 e. The highest BCUT2D eigenvalue weighted by atomic mass is 35.5. The molecule has 156 valence electrons. The summed E-state index contributed by atoms with van der Waals surface area (Å²) in [6, 6.07) is 11.7. The van der Waals surface area contributed by atoms with E-state index in [4.69, 9.17) is 16.1 Å². The lowest BCUT2D eigenvalue weighted by Gasteiger charge is -2.19. The van der Waals surface area contributed by atoms with Gasteiger partial charge in [0, 0.05) is 29.2 Å². The minimum atomic E-state index is -3.80. The molecule has 1 saturated heterocycles. The molecule has 2 aromatic carbocycles. The molecule has 30 heavy (non-hydrogen) atoms. The van der Waals surface area contributed by atoms with Crippen molar-refractivity contribution < 1.29 is 17.7 Å². The molecule has 1 aromatic heterocycles. The maximum atomic E-state index is 12.7. The van der Waals surface area contributed by atoms with Crippen LogP contribution in [-0.4, -0.2) is 31.0 Å². The van der Waals surface area contributed by atoms with Gasteiger partial charge in [-0.15, -0.1) is 0 Å². The van der Waals surface area contributed by atoms with Crippen LogP contribution >= 0.6 is 11.6 Å². The van der Waals surface area contributed by atoms with E-state index in [0.29, 0.717) is 34.9 Å². The van der Waals surface area contributed by atoms with E-state index < -0.39 is 10.0 Å². The van der Waals surface area contributed by atoms with E-state index in [2.05, 4.69) is 14.9 Å². The second-order valence-electron chi connectivity index (χ2n) is 6.94. The summed E-state index contributed by atoms with van der Waals surface area (Å²) in [5.74, 6) is 0.505. The summed E-state index contributed by atoms with van der Waals surface area (Å²) in [7, 11) is -3.80. The second-order valence-corrected chi connectivity index (χ2v) is 9.15. The van der Waals surface area contributed by atoms with Crippen molar-refractivity contribution in [1.82, 2.24) is 14.9 Å². The molecule has 3 aromatic rings. The van der Waals surface area contributed by atoms with Crippen molar-refractivity contribution in [2.75, 3.05) is 11.4 Å². The summed E-state index contributed by atoms with van der Waals surface area (Å²) in [5.41, 5.74) is 2.12. The molecule has 0 spiro atoms. The molecule has 1 amide bonds. The van der Waals surface area contributed by atoms with E-state index in [0.717, 1.165) is 12.1 Å². The summed E-state index contributed by atoms with van der Waals surface area (Å²) >= 11 is 5.96. The van der Waals surface area contributed by atoms with Crippen LogP contribution in [0.15, 0.2) is 51.9 Å². The Morgan fingerprint density at radius 1 is 1.23 bits per heavy atom. The quantitative estimate of drug-likeness (QED) is 0.622. The topological polar surface area (TPSA) is 105 Å². The molecule has 2 heterocycles. The number of nitrogens with zero attached hydrogens (tertiary/aromatic N) is 3. The summed E-state index contributed by atoms with van der Waals surface area (Å²) in [4.78, 5) is 18.0. The van der Waals surface area contributed by atoms with Crippen LogP contribution in [0.5, 0.6) is 0 Å². The number of carbonyl (C=O) groups excluding carboxylic acids is 1. The Morgan fingerprint density at radius 2 is 2.07 bits per heavy atom. The van der Waals surface area contributed by atoms with E-state index in [1.165, 1.54) is 6.07 Å². The number of nitrogens with one attached hydrogen (secondary N) is 1. The first kappa shape index (κ1) is 20.5. The van der Waals surface area contributed by atoms with Crippen LogP contribution in [0.3, 0.4) is 0 Å². The molecule has 8 nitrogen and oxygen atoms in total. The van der Waals surface area contributed by atoms with E-state index >= 15 is 0 Å². The van der Waals surface area contributed by atoms with Crippen molar-refractivity contribution in [1.29, 1.82) is 0 Å². The number of aryl methyl sites for hydroxylation is 1. The van der Waals surface area contributed by atoms with Crippen LogP contribution in [-0.2, 0) is 21.4 Å². The van der Waals surface area contributed by atoms with Gasteiger partial charge in [0.15, 0.2) is 0 Å². The number of benzene rings is 2. The average Bonchev–Trinajstić information content (AvgIpc) is 3.36. The highest BCUT2D eigenvalue weighted by molar-refractivity contribution is 7.89. The van der Waals surface area contributed by atoms with Crippen LogP contribution in [0.2, 0.25) is 5.02 Å². The maximum absolute atomic E-state index is 12.7. The van der Waals surface area contributed by atoms with E-state index in [1.54, 1.807) is 48.2 Å². The number of rotatable bonds is 6. The summed E-state index contributed by atoms with van der Waals surface area (Å²) in [6.45, 7) is 2.28. The minimum Gasteiger partial charge on any atom is -0.338 e. The average molecular weight is 447 g/mol. The highest BCUT2D eigenvalue weighted by Gasteiger charge is 2.24. The Bertz CT molecular complexity index is 1210. The van der Waals surface area contributed by atoms with Crippen molar-refractivity contribution in [3.8, 4) is 11.4 Å². The first-order valence-corrected chi connectivity index (χ1v) is 11.2. The molecule has 0 unspecified atom stereocenters. The predicted octanol–water partition coefficient (Wildman–Crippen LogP) is 3.30. The highest BCUT2D eigenvalue weighted by Crippen LogP contribution is 2.27. The normalized spacial score (nSPS) is 14.5. The smallest absolute Gasteiger partial charge is 0.242 e. The number of aromatic nitrogens is 2. The Morgan fingerprint density at radius 3 is 2.77 bits per heavy atom. The zero-order chi connectivity index (χ0) is 21.3. The number of carbonyl (C=O) groups is 1. The van der Waals surface area contributed by atoms with Crippen molar-refractivity contribution in [3.05, 3.63) is 58.9 Å². The van der Waals surface area contributed by atoms with Crippen LogP contribution in [0.25, 0.3) is 11.4 Å². The van der Waals surface area contributed by atoms with Gasteiger partial charge in [-0.25, -0.2) is 13.1 Å². The third-order valence-electron chi connectivity index (χ3n) is 4.81. The number of hydrogen-bond donors (Lipinski definition) is 1. The third-order valence-corrected chi connectivity index (χ3v) is 6.44. The Balaban J connectivity index is 1.47. The molecule has 0 saturated carbocycles. The van der Waals surface area contributed by atoms with Gasteiger partial charge in [0.05, 0.1) is 11.4 Å². The van der Waals surface area contributed by atoms with Gasteiger partial charge in [0.1, 0.15) is 0 Å². The molecular weight excluding hydrogens is 428 g/mol. The van der Waals surface area contributed by atoms with Gasteiger partial charge >= 0.3 is 0 Å². The first-order valence-electron chi connectivity index (χ1n) is 9.33. The SMILES string of the molecule is Cc1cc(S(=O)(=O)NCc2nc(-c3cccc(Cl)c3)no2)ccc1N1CCCC1=O. The summed E-state index contributed by atoms with van der Waals surface area (Å²) in [6.07, 6.45) is 1.32. The van der Waals surface area contributed by atoms with Crippen LogP contribution in [0, 0.1) is 6.92 Å². The van der Waals surface area contributed by atoms with E-state index in [-0.39, 0.29) is 23.2 Å². The van der Waals surface area contributed by atoms with Crippen molar-refractivity contribution in [2.24, 2.45) is 0 Å². The number of amides is 1. The fourth-order valence-corrected chi connectivity index (χ4v) is 4.56. The number of anilines is 1. The van der Waals surface area contributed by atoms with Gasteiger partial charge in [0.2, 0.25) is 27.6 Å². The molecule has 0 bridgehead atoms. The van der Waals surface area contributed by atoms with Gasteiger partial charge in [-0.3, -0.25) is 4.79 Å². The largest absolute Gasteiger partial charge is 0.338 e. The molecule has 1 aliphatic rings. The van der Waals surface area contributed by atoms with Crippen molar-refractivity contribution in [2.45, 2.75) is 31.2 Å². The lowest BCUT2D eigenvalue weighted by molar-refractivity contribution is -0.117. The van der Waals surface area contributed by atoms with Crippen molar-refractivity contribution >= 4 is 33.2 Å². The molecule has 1 fully saturated rings. The fraction of sp³-hybridized carbons (Fsp3) is 0.250. The molecule has 1 N–H and O–H groups in total. The lowest BCUT2D eigenvalue weighted by Crippen LogP contribution is -2.26. The zero-order valence-electron chi connectivity index (χ0n) is 16.1. The third kappa shape index (κ3) is 4.23. The molecular formula is C20H19ClN4O4S. The van der Waals surface area contributed by atoms with Gasteiger partial charge in [0.25, 0.3) is 0 Å². The van der Waals surface area contributed by atoms with Crippen LogP contribution in [0.1, 0.15) is 24.3 Å². The van der Waals surface area contributed by atoms with Gasteiger partial charge < -0.3 is 9.42 Å².